The van der Waals surface area contributed by atoms with Crippen molar-refractivity contribution in [2.24, 2.45) is 4.99 Å². The van der Waals surface area contributed by atoms with Gasteiger partial charge in [-0.1, -0.05) is 35.9 Å². The lowest BCUT2D eigenvalue weighted by Gasteiger charge is -2.08. The average molecular weight is 471 g/mol. The Hall–Kier alpha value is -4.88. The van der Waals surface area contributed by atoms with Crippen LogP contribution in [0.2, 0.25) is 5.02 Å². The number of fused-ring (bicyclic) bond motifs is 1. The van der Waals surface area contributed by atoms with E-state index in [0.717, 1.165) is 5.69 Å². The van der Waals surface area contributed by atoms with E-state index in [1.807, 2.05) is 30.3 Å². The Labute approximate surface area is 196 Å². The number of halogens is 1. The number of aromatic hydroxyl groups is 1. The highest BCUT2D eigenvalue weighted by Crippen LogP contribution is 2.28. The molecule has 0 fully saturated rings. The van der Waals surface area contributed by atoms with E-state index in [1.54, 1.807) is 35.0 Å². The molecule has 4 N–H and O–H groups in total. The van der Waals surface area contributed by atoms with Gasteiger partial charge in [0.25, 0.3) is 0 Å². The number of nitrogens with zero attached hydrogens (tertiary/aromatic N) is 5. The van der Waals surface area contributed by atoms with Crippen LogP contribution in [-0.2, 0) is 0 Å². The minimum atomic E-state index is -0.534. The van der Waals surface area contributed by atoms with Crippen LogP contribution in [0.5, 0.6) is 5.88 Å². The number of para-hydroxylation sites is 1. The SMILES string of the molecule is [C-]#[N+]c1ccc(N=c2cc(Nc3ccccc3)n3ncc(=Cc4[nH]c(=O)[nH]c4O)c3n2)c(Cl)c1. The number of hydrogen-bond acceptors (Lipinski definition) is 6. The number of H-pyrrole nitrogens is 2. The van der Waals surface area contributed by atoms with Crippen molar-refractivity contribution < 1.29 is 5.11 Å². The third kappa shape index (κ3) is 4.11. The van der Waals surface area contributed by atoms with Gasteiger partial charge in [0.2, 0.25) is 5.88 Å². The van der Waals surface area contributed by atoms with Crippen molar-refractivity contribution in [2.75, 3.05) is 5.32 Å². The fraction of sp³-hybridized carbons (Fsp3) is 0. The molecule has 0 atom stereocenters. The van der Waals surface area contributed by atoms with Crippen LogP contribution in [0.1, 0.15) is 5.69 Å². The van der Waals surface area contributed by atoms with E-state index in [9.17, 15) is 9.90 Å². The maximum Gasteiger partial charge on any atom is 0.326 e. The molecule has 0 spiro atoms. The van der Waals surface area contributed by atoms with E-state index in [2.05, 4.69) is 35.2 Å². The summed E-state index contributed by atoms with van der Waals surface area (Å²) >= 11 is 6.31. The average Bonchev–Trinajstić information content (AvgIpc) is 3.38. The van der Waals surface area contributed by atoms with Gasteiger partial charge in [0.1, 0.15) is 11.5 Å². The van der Waals surface area contributed by atoms with Crippen LogP contribution in [0.25, 0.3) is 16.6 Å². The molecule has 34 heavy (non-hydrogen) atoms. The standard InChI is InChI=1S/C23H15ClN8O2/c1-25-15-7-8-17(16(24)10-15)28-19-11-20(27-14-5-3-2-4-6-14)32-21(30-19)13(12-26-32)9-18-22(33)31-23(34)29-18/h2-12,27,33H,(H2,29,31,34). The van der Waals surface area contributed by atoms with Gasteiger partial charge in [-0.25, -0.2) is 19.6 Å². The number of aromatic nitrogens is 5. The van der Waals surface area contributed by atoms with Crippen molar-refractivity contribution >= 4 is 46.2 Å². The molecule has 0 unspecified atom stereocenters. The molecule has 0 radical (unpaired) electrons. The Morgan fingerprint density at radius 3 is 2.71 bits per heavy atom. The van der Waals surface area contributed by atoms with E-state index >= 15 is 0 Å². The first kappa shape index (κ1) is 21.0. The summed E-state index contributed by atoms with van der Waals surface area (Å²) in [4.78, 5) is 28.8. The molecule has 0 amide bonds. The van der Waals surface area contributed by atoms with Crippen LogP contribution in [-0.4, -0.2) is 29.7 Å². The topological polar surface area (TPSA) is 128 Å². The molecule has 0 saturated heterocycles. The summed E-state index contributed by atoms with van der Waals surface area (Å²) in [5.74, 6) is 0.287. The third-order valence-electron chi connectivity index (χ3n) is 4.86. The molecule has 0 aliphatic rings. The third-order valence-corrected chi connectivity index (χ3v) is 5.16. The van der Waals surface area contributed by atoms with Crippen LogP contribution in [0, 0.1) is 6.57 Å². The van der Waals surface area contributed by atoms with Gasteiger partial charge in [-0.2, -0.15) is 9.61 Å². The summed E-state index contributed by atoms with van der Waals surface area (Å²) in [6.45, 7) is 7.13. The predicted molar refractivity (Wildman–Crippen MR) is 128 cm³/mol. The lowest BCUT2D eigenvalue weighted by molar-refractivity contribution is 0.454. The molecule has 0 saturated carbocycles. The van der Waals surface area contributed by atoms with Gasteiger partial charge in [0.05, 0.1) is 23.5 Å². The molecule has 10 nitrogen and oxygen atoms in total. The molecular weight excluding hydrogens is 456 g/mol. The Morgan fingerprint density at radius 1 is 1.18 bits per heavy atom. The predicted octanol–water partition coefficient (Wildman–Crippen LogP) is 3.18. The van der Waals surface area contributed by atoms with Gasteiger partial charge in [-0.3, -0.25) is 4.98 Å². The van der Waals surface area contributed by atoms with Gasteiger partial charge < -0.3 is 15.4 Å². The largest absolute Gasteiger partial charge is 0.493 e. The van der Waals surface area contributed by atoms with E-state index in [-0.39, 0.29) is 11.6 Å². The molecule has 0 aliphatic carbocycles. The van der Waals surface area contributed by atoms with E-state index in [0.29, 0.717) is 38.6 Å². The maximum atomic E-state index is 11.5. The monoisotopic (exact) mass is 470 g/mol. The van der Waals surface area contributed by atoms with Crippen molar-refractivity contribution in [3.8, 4) is 5.88 Å². The summed E-state index contributed by atoms with van der Waals surface area (Å²) in [7, 11) is 0. The molecule has 5 rings (SSSR count). The Morgan fingerprint density at radius 2 is 2.00 bits per heavy atom. The van der Waals surface area contributed by atoms with Gasteiger partial charge in [-0.05, 0) is 30.3 Å². The van der Waals surface area contributed by atoms with E-state index < -0.39 is 5.69 Å². The summed E-state index contributed by atoms with van der Waals surface area (Å²) in [6, 6.07) is 16.1. The number of rotatable bonds is 4. The highest BCUT2D eigenvalue weighted by atomic mass is 35.5. The lowest BCUT2D eigenvalue weighted by atomic mass is 10.3. The van der Waals surface area contributed by atoms with Crippen LogP contribution in [0.4, 0.5) is 22.9 Å². The van der Waals surface area contributed by atoms with Gasteiger partial charge >= 0.3 is 5.69 Å². The van der Waals surface area contributed by atoms with E-state index in [1.165, 1.54) is 6.07 Å². The molecule has 0 aliphatic heterocycles. The second kappa shape index (κ2) is 8.57. The van der Waals surface area contributed by atoms with Gasteiger partial charge in [-0.15, -0.1) is 0 Å². The smallest absolute Gasteiger partial charge is 0.326 e. The van der Waals surface area contributed by atoms with Crippen molar-refractivity contribution in [1.29, 1.82) is 0 Å². The number of imidazole rings is 1. The molecule has 0 bridgehead atoms. The number of benzene rings is 2. The number of nitrogens with one attached hydrogen (secondary N) is 3. The van der Waals surface area contributed by atoms with Crippen molar-refractivity contribution in [2.45, 2.75) is 0 Å². The zero-order valence-corrected chi connectivity index (χ0v) is 18.1. The lowest BCUT2D eigenvalue weighted by Crippen LogP contribution is -2.16. The van der Waals surface area contributed by atoms with Crippen molar-refractivity contribution in [1.82, 2.24) is 24.6 Å². The molecule has 5 aromatic rings. The molecule has 166 valence electrons. The van der Waals surface area contributed by atoms with Gasteiger partial charge in [0, 0.05) is 17.0 Å². The zero-order valence-electron chi connectivity index (χ0n) is 17.3. The molecule has 3 heterocycles. The quantitative estimate of drug-likeness (QED) is 0.300. The van der Waals surface area contributed by atoms with Crippen molar-refractivity contribution in [3.63, 3.8) is 0 Å². The fourth-order valence-corrected chi connectivity index (χ4v) is 3.53. The summed E-state index contributed by atoms with van der Waals surface area (Å²) in [6.07, 6.45) is 3.11. The highest BCUT2D eigenvalue weighted by molar-refractivity contribution is 6.33. The van der Waals surface area contributed by atoms with Crippen LogP contribution < -0.4 is 21.7 Å². The number of anilines is 2. The van der Waals surface area contributed by atoms with Crippen LogP contribution >= 0.6 is 11.6 Å². The highest BCUT2D eigenvalue weighted by Gasteiger charge is 2.10. The Balaban J connectivity index is 1.73. The fourth-order valence-electron chi connectivity index (χ4n) is 3.31. The number of aromatic amines is 2. The first-order valence-electron chi connectivity index (χ1n) is 9.96. The maximum absolute atomic E-state index is 11.5. The second-order valence-corrected chi connectivity index (χ2v) is 7.58. The zero-order chi connectivity index (χ0) is 23.7. The second-order valence-electron chi connectivity index (χ2n) is 7.17. The van der Waals surface area contributed by atoms with Crippen LogP contribution in [0.3, 0.4) is 0 Å². The Bertz CT molecular complexity index is 1750. The normalized spacial score (nSPS) is 12.2. The Kier molecular flexibility index (Phi) is 5.29. The summed E-state index contributed by atoms with van der Waals surface area (Å²) in [5.41, 5.74) is 2.11. The van der Waals surface area contributed by atoms with Crippen molar-refractivity contribution in [3.05, 3.63) is 104 Å². The minimum Gasteiger partial charge on any atom is -0.493 e. The first-order chi connectivity index (χ1) is 16.5. The molecule has 3 aromatic heterocycles. The number of hydrogen-bond donors (Lipinski definition) is 4. The van der Waals surface area contributed by atoms with E-state index in [4.69, 9.17) is 18.2 Å². The molecule has 2 aromatic carbocycles. The summed E-state index contributed by atoms with van der Waals surface area (Å²) in [5, 5.41) is 18.5. The van der Waals surface area contributed by atoms with Crippen LogP contribution in [0.15, 0.2) is 70.6 Å². The molecular formula is C23H15ClN8O2. The first-order valence-corrected chi connectivity index (χ1v) is 10.3. The van der Waals surface area contributed by atoms with Gasteiger partial charge in [0.15, 0.2) is 16.8 Å². The minimum absolute atomic E-state index is 0.194. The summed E-state index contributed by atoms with van der Waals surface area (Å²) < 4.78 is 1.59. The molecule has 11 heteroatoms.